The number of benzene rings is 1. The Morgan fingerprint density at radius 1 is 1.16 bits per heavy atom. The fraction of sp³-hybridized carbons (Fsp3) is 0.471. The highest BCUT2D eigenvalue weighted by Crippen LogP contribution is 2.41. The second-order valence-corrected chi connectivity index (χ2v) is 6.42. The predicted molar refractivity (Wildman–Crippen MR) is 79.8 cm³/mol. The van der Waals surface area contributed by atoms with Crippen LogP contribution in [0.15, 0.2) is 36.5 Å². The van der Waals surface area contributed by atoms with Crippen molar-refractivity contribution in [1.82, 2.24) is 4.98 Å². The Bertz CT molecular complexity index is 581. The van der Waals surface area contributed by atoms with Crippen LogP contribution in [0.25, 0.3) is 10.9 Å². The molecule has 1 aliphatic carbocycles. The minimum absolute atomic E-state index is 0.178. The highest BCUT2D eigenvalue weighted by atomic mass is 14.8. The molecule has 0 bridgehead atoms. The molecule has 3 rings (SSSR count). The maximum Gasteiger partial charge on any atom is 0.0705 e. The van der Waals surface area contributed by atoms with Gasteiger partial charge < -0.3 is 5.73 Å². The van der Waals surface area contributed by atoms with E-state index in [1.165, 1.54) is 17.4 Å². The van der Waals surface area contributed by atoms with Gasteiger partial charge in [-0.3, -0.25) is 4.98 Å². The molecule has 19 heavy (non-hydrogen) atoms. The number of fused-ring (bicyclic) bond motifs is 1. The van der Waals surface area contributed by atoms with Gasteiger partial charge in [-0.2, -0.15) is 0 Å². The molecular weight excluding hydrogens is 232 g/mol. The summed E-state index contributed by atoms with van der Waals surface area (Å²) in [6.45, 7) is 4.63. The zero-order chi connectivity index (χ0) is 13.5. The average molecular weight is 254 g/mol. The van der Waals surface area contributed by atoms with Crippen molar-refractivity contribution in [3.63, 3.8) is 0 Å². The molecule has 0 saturated heterocycles. The summed E-state index contributed by atoms with van der Waals surface area (Å²) in [4.78, 5) is 4.45. The van der Waals surface area contributed by atoms with E-state index in [4.69, 9.17) is 5.73 Å². The molecule has 1 aliphatic rings. The minimum Gasteiger partial charge on any atom is -0.321 e. The van der Waals surface area contributed by atoms with Crippen molar-refractivity contribution in [3.8, 4) is 0 Å². The van der Waals surface area contributed by atoms with E-state index in [2.05, 4.69) is 43.1 Å². The zero-order valence-corrected chi connectivity index (χ0v) is 11.8. The van der Waals surface area contributed by atoms with Gasteiger partial charge in [-0.1, -0.05) is 32.0 Å². The standard InChI is InChI=1S/C17H22N2/c1-12-8-13(2)11-17(18,10-12)15-6-5-14-4-3-7-19-16(14)9-15/h3-7,9,12-13H,8,10-11,18H2,1-2H3. The first kappa shape index (κ1) is 12.6. The molecule has 1 fully saturated rings. The summed E-state index contributed by atoms with van der Waals surface area (Å²) in [5.41, 5.74) is 8.85. The Morgan fingerprint density at radius 3 is 2.63 bits per heavy atom. The van der Waals surface area contributed by atoms with Gasteiger partial charge in [-0.25, -0.2) is 0 Å². The van der Waals surface area contributed by atoms with E-state index in [0.717, 1.165) is 18.4 Å². The van der Waals surface area contributed by atoms with Gasteiger partial charge in [-0.05, 0) is 48.8 Å². The predicted octanol–water partition coefficient (Wildman–Crippen LogP) is 3.84. The number of hydrogen-bond acceptors (Lipinski definition) is 2. The second kappa shape index (κ2) is 4.61. The number of nitrogens with zero attached hydrogens (tertiary/aromatic N) is 1. The number of nitrogens with two attached hydrogens (primary N) is 1. The molecular formula is C17H22N2. The first-order chi connectivity index (χ1) is 9.07. The van der Waals surface area contributed by atoms with Crippen LogP contribution in [0, 0.1) is 11.8 Å². The molecule has 2 unspecified atom stereocenters. The molecule has 0 radical (unpaired) electrons. The van der Waals surface area contributed by atoms with Crippen LogP contribution in [0.5, 0.6) is 0 Å². The van der Waals surface area contributed by atoms with Gasteiger partial charge in [0, 0.05) is 17.1 Å². The smallest absolute Gasteiger partial charge is 0.0705 e. The monoisotopic (exact) mass is 254 g/mol. The summed E-state index contributed by atoms with van der Waals surface area (Å²) in [6, 6.07) is 10.6. The Kier molecular flexibility index (Phi) is 3.06. The Balaban J connectivity index is 2.02. The van der Waals surface area contributed by atoms with Crippen LogP contribution >= 0.6 is 0 Å². The van der Waals surface area contributed by atoms with E-state index in [1.807, 2.05) is 12.3 Å². The summed E-state index contributed by atoms with van der Waals surface area (Å²) in [7, 11) is 0. The molecule has 1 aromatic carbocycles. The van der Waals surface area contributed by atoms with Crippen LogP contribution in [-0.2, 0) is 5.54 Å². The lowest BCUT2D eigenvalue weighted by atomic mass is 9.69. The van der Waals surface area contributed by atoms with Crippen LogP contribution in [0.2, 0.25) is 0 Å². The Labute approximate surface area is 115 Å². The lowest BCUT2D eigenvalue weighted by molar-refractivity contribution is 0.184. The van der Waals surface area contributed by atoms with Crippen LogP contribution in [0.4, 0.5) is 0 Å². The molecule has 0 spiro atoms. The molecule has 100 valence electrons. The fourth-order valence-corrected chi connectivity index (χ4v) is 3.79. The van der Waals surface area contributed by atoms with E-state index in [1.54, 1.807) is 0 Å². The maximum absolute atomic E-state index is 6.72. The van der Waals surface area contributed by atoms with Crippen LogP contribution in [0.1, 0.15) is 38.7 Å². The minimum atomic E-state index is -0.178. The van der Waals surface area contributed by atoms with Crippen molar-refractivity contribution in [2.75, 3.05) is 0 Å². The van der Waals surface area contributed by atoms with Gasteiger partial charge in [0.2, 0.25) is 0 Å². The van der Waals surface area contributed by atoms with Gasteiger partial charge in [0.25, 0.3) is 0 Å². The van der Waals surface area contributed by atoms with Gasteiger partial charge >= 0.3 is 0 Å². The van der Waals surface area contributed by atoms with Crippen molar-refractivity contribution in [3.05, 3.63) is 42.1 Å². The average Bonchev–Trinajstić information content (AvgIpc) is 2.36. The number of hydrogen-bond donors (Lipinski definition) is 1. The summed E-state index contributed by atoms with van der Waals surface area (Å²) in [5, 5.41) is 1.19. The van der Waals surface area contributed by atoms with E-state index in [0.29, 0.717) is 11.8 Å². The second-order valence-electron chi connectivity index (χ2n) is 6.42. The molecule has 0 aliphatic heterocycles. The Hall–Kier alpha value is -1.41. The van der Waals surface area contributed by atoms with Gasteiger partial charge in [0.1, 0.15) is 0 Å². The number of rotatable bonds is 1. The molecule has 2 atom stereocenters. The molecule has 2 heteroatoms. The summed E-state index contributed by atoms with van der Waals surface area (Å²) in [5.74, 6) is 1.40. The van der Waals surface area contributed by atoms with Crippen molar-refractivity contribution in [2.45, 2.75) is 38.6 Å². The van der Waals surface area contributed by atoms with Gasteiger partial charge in [-0.15, -0.1) is 0 Å². The topological polar surface area (TPSA) is 38.9 Å². The fourth-order valence-electron chi connectivity index (χ4n) is 3.79. The quantitative estimate of drug-likeness (QED) is 0.839. The van der Waals surface area contributed by atoms with Crippen molar-refractivity contribution in [2.24, 2.45) is 17.6 Å². The third-order valence-electron chi connectivity index (χ3n) is 4.41. The summed E-state index contributed by atoms with van der Waals surface area (Å²) < 4.78 is 0. The molecule has 0 amide bonds. The normalized spacial score (nSPS) is 31.5. The number of pyridine rings is 1. The number of aromatic nitrogens is 1. The third kappa shape index (κ3) is 2.37. The SMILES string of the molecule is CC1CC(C)CC(N)(c2ccc3cccnc3c2)C1. The van der Waals surface area contributed by atoms with Gasteiger partial charge in [0.05, 0.1) is 5.52 Å². The van der Waals surface area contributed by atoms with Crippen molar-refractivity contribution >= 4 is 10.9 Å². The van der Waals surface area contributed by atoms with Gasteiger partial charge in [0.15, 0.2) is 0 Å². The van der Waals surface area contributed by atoms with Crippen LogP contribution < -0.4 is 5.73 Å². The highest BCUT2D eigenvalue weighted by molar-refractivity contribution is 5.79. The van der Waals surface area contributed by atoms with Crippen LogP contribution in [0.3, 0.4) is 0 Å². The van der Waals surface area contributed by atoms with Crippen molar-refractivity contribution in [1.29, 1.82) is 0 Å². The van der Waals surface area contributed by atoms with E-state index in [-0.39, 0.29) is 5.54 Å². The largest absolute Gasteiger partial charge is 0.321 e. The molecule has 1 saturated carbocycles. The third-order valence-corrected chi connectivity index (χ3v) is 4.41. The lowest BCUT2D eigenvalue weighted by Crippen LogP contribution is -2.43. The molecule has 2 N–H and O–H groups in total. The van der Waals surface area contributed by atoms with E-state index in [9.17, 15) is 0 Å². The Morgan fingerprint density at radius 2 is 1.89 bits per heavy atom. The first-order valence-corrected chi connectivity index (χ1v) is 7.21. The van der Waals surface area contributed by atoms with Crippen LogP contribution in [-0.4, -0.2) is 4.98 Å². The summed E-state index contributed by atoms with van der Waals surface area (Å²) in [6.07, 6.45) is 5.30. The molecule has 1 heterocycles. The lowest BCUT2D eigenvalue weighted by Gasteiger charge is -2.40. The molecule has 2 aromatic rings. The molecule has 1 aromatic heterocycles. The first-order valence-electron chi connectivity index (χ1n) is 7.21. The van der Waals surface area contributed by atoms with Crippen molar-refractivity contribution < 1.29 is 0 Å². The van der Waals surface area contributed by atoms with E-state index < -0.39 is 0 Å². The highest BCUT2D eigenvalue weighted by Gasteiger charge is 2.35. The zero-order valence-electron chi connectivity index (χ0n) is 11.8. The maximum atomic E-state index is 6.72. The van der Waals surface area contributed by atoms with E-state index >= 15 is 0 Å². The molecule has 2 nitrogen and oxygen atoms in total. The summed E-state index contributed by atoms with van der Waals surface area (Å²) >= 11 is 0.